The number of aromatic nitrogens is 1. The van der Waals surface area contributed by atoms with Gasteiger partial charge >= 0.3 is 0 Å². The molecule has 1 aliphatic rings. The van der Waals surface area contributed by atoms with Gasteiger partial charge in [-0.15, -0.1) is 0 Å². The molecule has 0 bridgehead atoms. The Morgan fingerprint density at radius 1 is 1.28 bits per heavy atom. The van der Waals surface area contributed by atoms with Crippen molar-refractivity contribution in [2.24, 2.45) is 11.7 Å². The lowest BCUT2D eigenvalue weighted by Crippen LogP contribution is -2.46. The maximum Gasteiger partial charge on any atom is 0.300 e. The number of benzene rings is 1. The first-order valence-electron chi connectivity index (χ1n) is 10.3. The molecule has 0 unspecified atom stereocenters. The van der Waals surface area contributed by atoms with E-state index in [1.165, 1.54) is 10.9 Å². The van der Waals surface area contributed by atoms with Gasteiger partial charge in [-0.3, -0.25) is 9.59 Å². The molecular weight excluding hydrogens is 370 g/mol. The van der Waals surface area contributed by atoms with Crippen LogP contribution in [0, 0.1) is 5.92 Å². The predicted molar refractivity (Wildman–Crippen MR) is 114 cm³/mol. The molecule has 7 heteroatoms. The van der Waals surface area contributed by atoms with Crippen molar-refractivity contribution < 1.29 is 19.4 Å². The Labute approximate surface area is 172 Å². The summed E-state index contributed by atoms with van der Waals surface area (Å²) in [7, 11) is 0. The maximum absolute atomic E-state index is 12.5. The molecule has 160 valence electrons. The number of carboxylic acids is 1. The summed E-state index contributed by atoms with van der Waals surface area (Å²) in [4.78, 5) is 21.5. The number of carboxylic acid groups (broad SMARTS) is 1. The van der Waals surface area contributed by atoms with E-state index < -0.39 is 5.97 Å². The van der Waals surface area contributed by atoms with Crippen LogP contribution in [0.25, 0.3) is 10.9 Å². The van der Waals surface area contributed by atoms with Crippen LogP contribution in [0.4, 0.5) is 0 Å². The van der Waals surface area contributed by atoms with E-state index in [0.29, 0.717) is 13.2 Å². The highest BCUT2D eigenvalue weighted by molar-refractivity contribution is 5.80. The average Bonchev–Trinajstić information content (AvgIpc) is 3.10. The number of ether oxygens (including phenoxy) is 1. The third-order valence-electron chi connectivity index (χ3n) is 5.08. The van der Waals surface area contributed by atoms with Crippen LogP contribution in [0.15, 0.2) is 36.5 Å². The van der Waals surface area contributed by atoms with Crippen LogP contribution >= 0.6 is 0 Å². The molecule has 29 heavy (non-hydrogen) atoms. The number of fused-ring (bicyclic) bond motifs is 1. The lowest BCUT2D eigenvalue weighted by molar-refractivity contribution is -0.134. The Bertz CT molecular complexity index is 785. The second kappa shape index (κ2) is 11.6. The molecule has 1 aromatic heterocycles. The Morgan fingerprint density at radius 3 is 2.72 bits per heavy atom. The molecule has 1 amide bonds. The molecular formula is C22H33N3O4. The van der Waals surface area contributed by atoms with Gasteiger partial charge in [-0.2, -0.15) is 0 Å². The van der Waals surface area contributed by atoms with Gasteiger partial charge in [0.25, 0.3) is 5.97 Å². The number of nitrogens with zero attached hydrogens (tertiary/aromatic N) is 1. The molecule has 7 nitrogen and oxygen atoms in total. The van der Waals surface area contributed by atoms with Crippen LogP contribution in [0.5, 0.6) is 0 Å². The summed E-state index contributed by atoms with van der Waals surface area (Å²) in [5.74, 6) is -0.684. The monoisotopic (exact) mass is 403 g/mol. The van der Waals surface area contributed by atoms with Crippen LogP contribution in [-0.2, 0) is 20.9 Å². The summed E-state index contributed by atoms with van der Waals surface area (Å²) in [6, 6.07) is 10.5. The molecule has 0 radical (unpaired) electrons. The van der Waals surface area contributed by atoms with E-state index in [0.717, 1.165) is 39.2 Å². The molecule has 0 aliphatic heterocycles. The van der Waals surface area contributed by atoms with Crippen LogP contribution in [-0.4, -0.2) is 46.8 Å². The zero-order valence-corrected chi connectivity index (χ0v) is 17.3. The molecule has 3 atom stereocenters. The molecule has 1 aliphatic carbocycles. The van der Waals surface area contributed by atoms with Gasteiger partial charge in [-0.05, 0) is 43.2 Å². The normalized spacial score (nSPS) is 21.3. The van der Waals surface area contributed by atoms with Gasteiger partial charge in [-0.1, -0.05) is 25.1 Å². The fourth-order valence-electron chi connectivity index (χ4n) is 3.63. The van der Waals surface area contributed by atoms with Crippen LogP contribution in [0.1, 0.15) is 39.5 Å². The van der Waals surface area contributed by atoms with E-state index in [1.54, 1.807) is 0 Å². The lowest BCUT2D eigenvalue weighted by Gasteiger charge is -2.33. The van der Waals surface area contributed by atoms with E-state index in [1.807, 2.05) is 12.1 Å². The molecule has 1 fully saturated rings. The van der Waals surface area contributed by atoms with Crippen LogP contribution in [0.2, 0.25) is 0 Å². The van der Waals surface area contributed by atoms with Gasteiger partial charge < -0.3 is 25.5 Å². The molecule has 4 N–H and O–H groups in total. The molecule has 2 aromatic rings. The highest BCUT2D eigenvalue weighted by Crippen LogP contribution is 2.26. The highest BCUT2D eigenvalue weighted by atomic mass is 16.5. The molecule has 0 saturated heterocycles. The summed E-state index contributed by atoms with van der Waals surface area (Å²) in [6.07, 6.45) is 5.51. The summed E-state index contributed by atoms with van der Waals surface area (Å²) in [5, 5.41) is 11.7. The third kappa shape index (κ3) is 7.18. The summed E-state index contributed by atoms with van der Waals surface area (Å²) in [6.45, 7) is 5.30. The number of aliphatic carboxylic acids is 1. The Balaban J connectivity index is 0.000000687. The number of para-hydroxylation sites is 1. The minimum absolute atomic E-state index is 0.0119. The smallest absolute Gasteiger partial charge is 0.300 e. The van der Waals surface area contributed by atoms with Gasteiger partial charge in [-0.25, -0.2) is 0 Å². The largest absolute Gasteiger partial charge is 0.481 e. The fourth-order valence-corrected chi connectivity index (χ4v) is 3.63. The van der Waals surface area contributed by atoms with Crippen molar-refractivity contribution in [3.05, 3.63) is 36.5 Å². The first-order valence-corrected chi connectivity index (χ1v) is 10.3. The van der Waals surface area contributed by atoms with E-state index in [9.17, 15) is 4.79 Å². The van der Waals surface area contributed by atoms with Crippen LogP contribution < -0.4 is 11.1 Å². The van der Waals surface area contributed by atoms with Crippen molar-refractivity contribution in [3.63, 3.8) is 0 Å². The van der Waals surface area contributed by atoms with Gasteiger partial charge in [0, 0.05) is 50.3 Å². The Kier molecular flexibility index (Phi) is 9.15. The van der Waals surface area contributed by atoms with Crippen molar-refractivity contribution in [3.8, 4) is 0 Å². The first kappa shape index (κ1) is 22.9. The number of nitrogens with two attached hydrogens (primary N) is 1. The van der Waals surface area contributed by atoms with Crippen molar-refractivity contribution >= 4 is 22.8 Å². The summed E-state index contributed by atoms with van der Waals surface area (Å²) in [5.41, 5.74) is 7.34. The Morgan fingerprint density at radius 2 is 2.00 bits per heavy atom. The standard InChI is InChI=1S/C20H29N3O2.C2H4O2/c1-2-13-25-19-14-16(7-8-17(19)21)20(24)22-10-12-23-11-9-15-5-3-4-6-18(15)23;1-2(3)4/h3-6,9,11,16-17,19H,2,7-8,10,12-14,21H2,1H3,(H,22,24);1H3,(H,3,4)/t16-,17-,19-;/m0./s1. The second-order valence-corrected chi connectivity index (χ2v) is 7.46. The Hall–Kier alpha value is -2.38. The number of carbonyl (C=O) groups is 2. The quantitative estimate of drug-likeness (QED) is 0.659. The number of hydrogen-bond acceptors (Lipinski definition) is 4. The first-order chi connectivity index (χ1) is 13.9. The molecule has 1 aromatic carbocycles. The van der Waals surface area contributed by atoms with E-state index >= 15 is 0 Å². The maximum atomic E-state index is 12.5. The van der Waals surface area contributed by atoms with Crippen molar-refractivity contribution in [2.45, 2.75) is 58.2 Å². The zero-order valence-electron chi connectivity index (χ0n) is 17.3. The molecule has 1 heterocycles. The van der Waals surface area contributed by atoms with Gasteiger partial charge in [0.2, 0.25) is 5.91 Å². The number of nitrogens with one attached hydrogen (secondary N) is 1. The van der Waals surface area contributed by atoms with Crippen LogP contribution in [0.3, 0.4) is 0 Å². The summed E-state index contributed by atoms with van der Waals surface area (Å²) >= 11 is 0. The van der Waals surface area contributed by atoms with Gasteiger partial charge in [0.1, 0.15) is 0 Å². The van der Waals surface area contributed by atoms with Crippen molar-refractivity contribution in [1.29, 1.82) is 0 Å². The number of hydrogen-bond donors (Lipinski definition) is 3. The van der Waals surface area contributed by atoms with Crippen molar-refractivity contribution in [2.75, 3.05) is 13.2 Å². The minimum atomic E-state index is -0.833. The highest BCUT2D eigenvalue weighted by Gasteiger charge is 2.32. The zero-order chi connectivity index (χ0) is 21.2. The fraction of sp³-hybridized carbons (Fsp3) is 0.545. The average molecular weight is 404 g/mol. The van der Waals surface area contributed by atoms with Gasteiger partial charge in [0.15, 0.2) is 0 Å². The number of amides is 1. The summed E-state index contributed by atoms with van der Waals surface area (Å²) < 4.78 is 8.01. The number of rotatable bonds is 7. The third-order valence-corrected chi connectivity index (χ3v) is 5.08. The number of carbonyl (C=O) groups excluding carboxylic acids is 1. The van der Waals surface area contributed by atoms with E-state index in [-0.39, 0.29) is 24.0 Å². The minimum Gasteiger partial charge on any atom is -0.481 e. The molecule has 0 spiro atoms. The van der Waals surface area contributed by atoms with E-state index in [2.05, 4.69) is 41.2 Å². The lowest BCUT2D eigenvalue weighted by atomic mass is 9.83. The topological polar surface area (TPSA) is 107 Å². The predicted octanol–water partition coefficient (Wildman–Crippen LogP) is 2.77. The van der Waals surface area contributed by atoms with E-state index in [4.69, 9.17) is 20.4 Å². The SMILES string of the molecule is CC(=O)O.CCCO[C@H]1C[C@@H](C(=O)NCCn2ccc3ccccc32)CC[C@@H]1N. The van der Waals surface area contributed by atoms with Gasteiger partial charge in [0.05, 0.1) is 6.10 Å². The van der Waals surface area contributed by atoms with Crippen molar-refractivity contribution in [1.82, 2.24) is 9.88 Å². The second-order valence-electron chi connectivity index (χ2n) is 7.46. The molecule has 1 saturated carbocycles. The molecule has 3 rings (SSSR count).